The fraction of sp³-hybridized carbons (Fsp3) is 0.286. The largest absolute Gasteiger partial charge is 0.465 e. The van der Waals surface area contributed by atoms with Crippen LogP contribution in [-0.4, -0.2) is 64.0 Å². The molecule has 5 rings (SSSR count). The van der Waals surface area contributed by atoms with Gasteiger partial charge in [-0.15, -0.1) is 11.3 Å². The number of thiophene rings is 1. The Bertz CT molecular complexity index is 1510. The lowest BCUT2D eigenvalue weighted by Crippen LogP contribution is -2.34. The molecule has 0 radical (unpaired) electrons. The number of carboxylic acid groups (broad SMARTS) is 1. The number of nitrogens with zero attached hydrogens (tertiary/aromatic N) is 3. The van der Waals surface area contributed by atoms with Gasteiger partial charge in [-0.05, 0) is 61.3 Å². The van der Waals surface area contributed by atoms with Crippen LogP contribution in [0.15, 0.2) is 54.9 Å². The number of methoxy groups -OCH3 is 1. The number of carbonyl (C=O) groups is 1. The van der Waals surface area contributed by atoms with Crippen LogP contribution in [0.2, 0.25) is 0 Å². The summed E-state index contributed by atoms with van der Waals surface area (Å²) in [6, 6.07) is 12.5. The Kier molecular flexibility index (Phi) is 8.68. The summed E-state index contributed by atoms with van der Waals surface area (Å²) in [4.78, 5) is 22.6. The number of nitrogens with one attached hydrogen (secondary N) is 2. The van der Waals surface area contributed by atoms with Gasteiger partial charge in [-0.25, -0.2) is 9.18 Å². The van der Waals surface area contributed by atoms with E-state index in [2.05, 4.69) is 20.6 Å². The SMILES string of the molecule is COCCN(CCc1ccc(-c2cc3nccc(Oc4ccc(NC(=S)NC5CC5)cc4F)c3s2)nc1)C(=O)O. The Labute approximate surface area is 240 Å². The summed E-state index contributed by atoms with van der Waals surface area (Å²) in [5.74, 6) is 0.0765. The second-order valence-corrected chi connectivity index (χ2v) is 10.8. The molecule has 1 aromatic carbocycles. The molecule has 1 saturated carbocycles. The summed E-state index contributed by atoms with van der Waals surface area (Å²) in [5.41, 5.74) is 2.94. The molecule has 1 aliphatic rings. The highest BCUT2D eigenvalue weighted by Crippen LogP contribution is 2.39. The van der Waals surface area contributed by atoms with E-state index in [0.717, 1.165) is 33.7 Å². The number of rotatable bonds is 11. The Morgan fingerprint density at radius 1 is 1.18 bits per heavy atom. The molecule has 3 aromatic heterocycles. The quantitative estimate of drug-likeness (QED) is 0.186. The van der Waals surface area contributed by atoms with Crippen molar-refractivity contribution >= 4 is 50.7 Å². The Balaban J connectivity index is 1.26. The van der Waals surface area contributed by atoms with Crippen LogP contribution in [0.3, 0.4) is 0 Å². The monoisotopic (exact) mass is 581 g/mol. The third-order valence-corrected chi connectivity index (χ3v) is 7.66. The number of benzene rings is 1. The minimum Gasteiger partial charge on any atom is -0.465 e. The normalized spacial score (nSPS) is 12.8. The van der Waals surface area contributed by atoms with Gasteiger partial charge in [0.2, 0.25) is 0 Å². The van der Waals surface area contributed by atoms with Gasteiger partial charge in [-0.2, -0.15) is 0 Å². The molecule has 208 valence electrons. The van der Waals surface area contributed by atoms with E-state index < -0.39 is 11.9 Å². The predicted molar refractivity (Wildman–Crippen MR) is 157 cm³/mol. The van der Waals surface area contributed by atoms with Crippen molar-refractivity contribution in [3.05, 3.63) is 66.2 Å². The van der Waals surface area contributed by atoms with Crippen molar-refractivity contribution in [2.45, 2.75) is 25.3 Å². The van der Waals surface area contributed by atoms with E-state index in [-0.39, 0.29) is 5.75 Å². The van der Waals surface area contributed by atoms with Crippen molar-refractivity contribution in [3.8, 4) is 22.1 Å². The van der Waals surface area contributed by atoms with Gasteiger partial charge in [0, 0.05) is 56.5 Å². The lowest BCUT2D eigenvalue weighted by molar-refractivity contribution is 0.119. The molecule has 0 aliphatic heterocycles. The zero-order chi connectivity index (χ0) is 28.1. The summed E-state index contributed by atoms with van der Waals surface area (Å²) in [7, 11) is 1.54. The molecule has 0 atom stereocenters. The molecular formula is C28H28FN5O4S2. The predicted octanol–water partition coefficient (Wildman–Crippen LogP) is 5.91. The Hall–Kier alpha value is -3.87. The summed E-state index contributed by atoms with van der Waals surface area (Å²) >= 11 is 6.72. The maximum Gasteiger partial charge on any atom is 0.407 e. The molecule has 9 nitrogen and oxygen atoms in total. The molecule has 1 amide bonds. The van der Waals surface area contributed by atoms with Gasteiger partial charge in [0.1, 0.15) is 5.75 Å². The molecule has 0 unspecified atom stereocenters. The van der Waals surface area contributed by atoms with Crippen LogP contribution >= 0.6 is 23.6 Å². The van der Waals surface area contributed by atoms with Crippen LogP contribution in [0.4, 0.5) is 14.9 Å². The molecule has 3 N–H and O–H groups in total. The standard InChI is InChI=1S/C28H28FN5O4S2/c1-37-13-12-34(28(35)36)11-9-17-2-6-21(31-16-17)25-15-22-26(40-25)24(8-10-30-22)38-23-7-5-19(14-20(23)29)33-27(39)32-18-3-4-18/h2,5-8,10,14-16,18H,3-4,9,11-13H2,1H3,(H,35,36)(H2,32,33,39). The fourth-order valence-electron chi connectivity index (χ4n) is 3.97. The third-order valence-electron chi connectivity index (χ3n) is 6.28. The number of pyridine rings is 2. The maximum absolute atomic E-state index is 14.9. The highest BCUT2D eigenvalue weighted by molar-refractivity contribution is 7.80. The highest BCUT2D eigenvalue weighted by atomic mass is 32.1. The van der Waals surface area contributed by atoms with E-state index in [1.54, 1.807) is 37.7 Å². The van der Waals surface area contributed by atoms with E-state index in [1.807, 2.05) is 18.2 Å². The Morgan fingerprint density at radius 2 is 2.02 bits per heavy atom. The highest BCUT2D eigenvalue weighted by Gasteiger charge is 2.22. The number of hydrogen-bond donors (Lipinski definition) is 3. The molecular weight excluding hydrogens is 553 g/mol. The molecule has 3 heterocycles. The smallest absolute Gasteiger partial charge is 0.407 e. The molecule has 12 heteroatoms. The first-order valence-electron chi connectivity index (χ1n) is 12.7. The van der Waals surface area contributed by atoms with Gasteiger partial charge in [-0.3, -0.25) is 9.97 Å². The van der Waals surface area contributed by atoms with E-state index in [0.29, 0.717) is 54.2 Å². The van der Waals surface area contributed by atoms with Crippen LogP contribution in [-0.2, 0) is 11.2 Å². The molecule has 0 bridgehead atoms. The van der Waals surface area contributed by atoms with Crippen molar-refractivity contribution in [1.29, 1.82) is 0 Å². The number of aromatic nitrogens is 2. The number of hydrogen-bond acceptors (Lipinski definition) is 7. The van der Waals surface area contributed by atoms with Gasteiger partial charge >= 0.3 is 6.09 Å². The number of anilines is 1. The summed E-state index contributed by atoms with van der Waals surface area (Å²) in [5, 5.41) is 16.0. The first-order valence-corrected chi connectivity index (χ1v) is 14.0. The number of fused-ring (bicyclic) bond motifs is 1. The van der Waals surface area contributed by atoms with Crippen molar-refractivity contribution < 1.29 is 23.8 Å². The van der Waals surface area contributed by atoms with Gasteiger partial charge in [0.25, 0.3) is 0 Å². The van der Waals surface area contributed by atoms with E-state index in [4.69, 9.17) is 21.7 Å². The van der Waals surface area contributed by atoms with E-state index in [9.17, 15) is 14.3 Å². The molecule has 0 saturated heterocycles. The maximum atomic E-state index is 14.9. The van der Waals surface area contributed by atoms with Gasteiger partial charge < -0.3 is 30.1 Å². The van der Waals surface area contributed by atoms with Gasteiger partial charge in [0.05, 0.1) is 27.4 Å². The number of halogens is 1. The second-order valence-electron chi connectivity index (χ2n) is 9.32. The first-order chi connectivity index (χ1) is 19.4. The van der Waals surface area contributed by atoms with Crippen LogP contribution in [0.1, 0.15) is 18.4 Å². The number of thiocarbonyl (C=S) groups is 1. The van der Waals surface area contributed by atoms with Crippen molar-refractivity contribution in [2.24, 2.45) is 0 Å². The molecule has 40 heavy (non-hydrogen) atoms. The lowest BCUT2D eigenvalue weighted by atomic mass is 10.2. The summed E-state index contributed by atoms with van der Waals surface area (Å²) in [6.07, 6.45) is 5.13. The average molecular weight is 582 g/mol. The zero-order valence-electron chi connectivity index (χ0n) is 21.7. The van der Waals surface area contributed by atoms with Gasteiger partial charge in [-0.1, -0.05) is 6.07 Å². The molecule has 1 aliphatic carbocycles. The molecule has 4 aromatic rings. The van der Waals surface area contributed by atoms with Crippen LogP contribution in [0.25, 0.3) is 20.8 Å². The topological polar surface area (TPSA) is 109 Å². The number of ether oxygens (including phenoxy) is 2. The summed E-state index contributed by atoms with van der Waals surface area (Å²) < 4.78 is 26.6. The van der Waals surface area contributed by atoms with Crippen molar-refractivity contribution in [2.75, 3.05) is 32.1 Å². The molecule has 1 fully saturated rings. The van der Waals surface area contributed by atoms with Crippen LogP contribution < -0.4 is 15.4 Å². The van der Waals surface area contributed by atoms with Crippen LogP contribution in [0, 0.1) is 5.82 Å². The van der Waals surface area contributed by atoms with Crippen LogP contribution in [0.5, 0.6) is 11.5 Å². The second kappa shape index (κ2) is 12.5. The summed E-state index contributed by atoms with van der Waals surface area (Å²) in [6.45, 7) is 1.01. The minimum absolute atomic E-state index is 0.0949. The van der Waals surface area contributed by atoms with Crippen molar-refractivity contribution in [1.82, 2.24) is 20.2 Å². The fourth-order valence-corrected chi connectivity index (χ4v) is 5.30. The third kappa shape index (κ3) is 7.00. The molecule has 0 spiro atoms. The van der Waals surface area contributed by atoms with Gasteiger partial charge in [0.15, 0.2) is 16.7 Å². The van der Waals surface area contributed by atoms with Crippen molar-refractivity contribution in [3.63, 3.8) is 0 Å². The zero-order valence-corrected chi connectivity index (χ0v) is 23.4. The number of amides is 1. The Morgan fingerprint density at radius 3 is 2.73 bits per heavy atom. The lowest BCUT2D eigenvalue weighted by Gasteiger charge is -2.18. The minimum atomic E-state index is -0.977. The van der Waals surface area contributed by atoms with E-state index in [1.165, 1.54) is 22.3 Å². The van der Waals surface area contributed by atoms with E-state index >= 15 is 0 Å². The average Bonchev–Trinajstić information content (AvgIpc) is 3.64. The first kappa shape index (κ1) is 27.7.